The highest BCUT2D eigenvalue weighted by atomic mass is 16.4. The number of carbonyl (C=O) groups excluding carboxylic acids is 4. The number of phenolic OH excluding ortho intramolecular Hbond substituents is 2. The number of aliphatic hydroxyl groups is 1. The molecule has 0 aliphatic rings. The first-order valence-electron chi connectivity index (χ1n) is 15.3. The lowest BCUT2D eigenvalue weighted by molar-refractivity contribution is -0.143. The van der Waals surface area contributed by atoms with Crippen LogP contribution in [0.4, 0.5) is 0 Å². The second kappa shape index (κ2) is 16.8. The van der Waals surface area contributed by atoms with Crippen LogP contribution in [0.5, 0.6) is 11.5 Å². The maximum absolute atomic E-state index is 14.0. The second-order valence-electron chi connectivity index (χ2n) is 11.3. The van der Waals surface area contributed by atoms with E-state index in [9.17, 15) is 44.4 Å². The molecule has 4 aromatic rings. The van der Waals surface area contributed by atoms with Gasteiger partial charge in [0.1, 0.15) is 35.7 Å². The summed E-state index contributed by atoms with van der Waals surface area (Å²) in [6.07, 6.45) is 1.44. The number of aliphatic hydroxyl groups excluding tert-OH is 1. The van der Waals surface area contributed by atoms with Gasteiger partial charge in [-0.25, -0.2) is 4.79 Å². The van der Waals surface area contributed by atoms with Gasteiger partial charge in [0.15, 0.2) is 0 Å². The van der Waals surface area contributed by atoms with Gasteiger partial charge in [0.05, 0.1) is 13.2 Å². The van der Waals surface area contributed by atoms with E-state index in [4.69, 9.17) is 5.73 Å². The van der Waals surface area contributed by atoms with Crippen molar-refractivity contribution in [2.75, 3.05) is 13.2 Å². The summed E-state index contributed by atoms with van der Waals surface area (Å²) < 4.78 is 0. The number of nitrogens with one attached hydrogen (secondary N) is 5. The van der Waals surface area contributed by atoms with Gasteiger partial charge in [-0.15, -0.1) is 0 Å². The molecule has 4 atom stereocenters. The number of aromatic nitrogens is 1. The van der Waals surface area contributed by atoms with Gasteiger partial charge in [0.25, 0.3) is 0 Å². The Morgan fingerprint density at radius 3 is 1.61 bits per heavy atom. The third-order valence-electron chi connectivity index (χ3n) is 7.75. The van der Waals surface area contributed by atoms with Gasteiger partial charge in [-0.3, -0.25) is 19.2 Å². The molecular weight excluding hydrogens is 636 g/mol. The molecule has 0 bridgehead atoms. The van der Waals surface area contributed by atoms with Crippen molar-refractivity contribution < 1.29 is 44.4 Å². The molecule has 0 aliphatic carbocycles. The Balaban J connectivity index is 1.64. The summed E-state index contributed by atoms with van der Waals surface area (Å²) in [6, 6.07) is 13.6. The fourth-order valence-corrected chi connectivity index (χ4v) is 5.14. The Hall–Kier alpha value is -5.93. The first-order chi connectivity index (χ1) is 23.5. The van der Waals surface area contributed by atoms with Gasteiger partial charge in [-0.2, -0.15) is 0 Å². The number of H-pyrrole nitrogens is 1. The lowest BCUT2D eigenvalue weighted by Crippen LogP contribution is -2.59. The summed E-state index contributed by atoms with van der Waals surface area (Å²) in [7, 11) is 0. The Morgan fingerprint density at radius 1 is 0.653 bits per heavy atom. The molecule has 49 heavy (non-hydrogen) atoms. The number of para-hydroxylation sites is 1. The zero-order valence-corrected chi connectivity index (χ0v) is 26.3. The molecule has 0 spiro atoms. The fraction of sp³-hybridized carbons (Fsp3) is 0.265. The first kappa shape index (κ1) is 35.9. The summed E-state index contributed by atoms with van der Waals surface area (Å²) in [6.45, 7) is -1.31. The quantitative estimate of drug-likeness (QED) is 0.0734. The standard InChI is InChI=1S/C34H38N6O9/c35-16-30(44)37-26(13-19-5-9-22(42)10-6-19)31(45)38-27(14-20-7-11-23(43)12-8-20)32(46)39-28(33(47)40-29(18-41)34(48)49)15-21-17-36-25-4-2-1-3-24(21)25/h1-12,17,26-29,36,41-43H,13-16,18,35H2,(H,37,44)(H,38,45)(H,39,46)(H,40,47)(H,48,49)/t26-,27-,28-,29-/m0/s1. The van der Waals surface area contributed by atoms with Crippen LogP contribution in [-0.4, -0.2) is 92.3 Å². The van der Waals surface area contributed by atoms with Crippen LogP contribution in [0.3, 0.4) is 0 Å². The Labute approximate surface area is 280 Å². The van der Waals surface area contributed by atoms with Crippen molar-refractivity contribution in [3.63, 3.8) is 0 Å². The molecule has 3 aromatic carbocycles. The van der Waals surface area contributed by atoms with Crippen LogP contribution in [0.1, 0.15) is 16.7 Å². The molecule has 0 unspecified atom stereocenters. The SMILES string of the molecule is NCC(=O)N[C@@H](Cc1ccc(O)cc1)C(=O)N[C@@H](Cc1ccc(O)cc1)C(=O)N[C@@H](Cc1c[nH]c2ccccc12)C(=O)N[C@@H](CO)C(=O)O. The number of carboxylic acids is 1. The number of aliphatic carboxylic acids is 1. The largest absolute Gasteiger partial charge is 0.508 e. The minimum atomic E-state index is -1.64. The monoisotopic (exact) mass is 674 g/mol. The van der Waals surface area contributed by atoms with Crippen molar-refractivity contribution in [2.24, 2.45) is 5.73 Å². The van der Waals surface area contributed by atoms with Crippen molar-refractivity contribution in [2.45, 2.75) is 43.4 Å². The smallest absolute Gasteiger partial charge is 0.328 e. The van der Waals surface area contributed by atoms with Gasteiger partial charge >= 0.3 is 5.97 Å². The molecule has 11 N–H and O–H groups in total. The molecule has 0 saturated carbocycles. The number of carboxylic acid groups (broad SMARTS) is 1. The number of fused-ring (bicyclic) bond motifs is 1. The minimum Gasteiger partial charge on any atom is -0.508 e. The van der Waals surface area contributed by atoms with Crippen LogP contribution in [0, 0.1) is 0 Å². The number of phenols is 2. The number of hydrogen-bond acceptors (Lipinski definition) is 9. The van der Waals surface area contributed by atoms with Crippen LogP contribution >= 0.6 is 0 Å². The van der Waals surface area contributed by atoms with Crippen molar-refractivity contribution in [3.05, 3.63) is 95.7 Å². The number of carbonyl (C=O) groups is 5. The van der Waals surface area contributed by atoms with Crippen molar-refractivity contribution >= 4 is 40.5 Å². The van der Waals surface area contributed by atoms with E-state index in [0.29, 0.717) is 16.7 Å². The number of aromatic amines is 1. The summed E-state index contributed by atoms with van der Waals surface area (Å²) in [4.78, 5) is 68.1. The predicted octanol–water partition coefficient (Wildman–Crippen LogP) is -0.418. The van der Waals surface area contributed by atoms with Gasteiger partial charge in [0.2, 0.25) is 23.6 Å². The summed E-state index contributed by atoms with van der Waals surface area (Å²) in [5, 5.41) is 49.2. The van der Waals surface area contributed by atoms with E-state index in [1.165, 1.54) is 24.3 Å². The van der Waals surface area contributed by atoms with E-state index < -0.39 is 66.9 Å². The van der Waals surface area contributed by atoms with E-state index in [0.717, 1.165) is 10.9 Å². The number of rotatable bonds is 16. The normalized spacial score (nSPS) is 13.4. The first-order valence-corrected chi connectivity index (χ1v) is 15.3. The molecule has 1 aromatic heterocycles. The maximum Gasteiger partial charge on any atom is 0.328 e. The highest BCUT2D eigenvalue weighted by Gasteiger charge is 2.32. The summed E-state index contributed by atoms with van der Waals surface area (Å²) in [5.41, 5.74) is 7.99. The van der Waals surface area contributed by atoms with E-state index in [1.54, 1.807) is 36.5 Å². The van der Waals surface area contributed by atoms with Crippen LogP contribution in [0.2, 0.25) is 0 Å². The maximum atomic E-state index is 14.0. The fourth-order valence-electron chi connectivity index (χ4n) is 5.14. The molecule has 15 heteroatoms. The predicted molar refractivity (Wildman–Crippen MR) is 177 cm³/mol. The Morgan fingerprint density at radius 2 is 1.12 bits per heavy atom. The van der Waals surface area contributed by atoms with E-state index >= 15 is 0 Å². The van der Waals surface area contributed by atoms with Crippen molar-refractivity contribution in [1.82, 2.24) is 26.3 Å². The molecule has 0 radical (unpaired) electrons. The van der Waals surface area contributed by atoms with Gasteiger partial charge in [0, 0.05) is 36.4 Å². The molecule has 0 fully saturated rings. The van der Waals surface area contributed by atoms with Gasteiger partial charge < -0.3 is 52.4 Å². The molecule has 15 nitrogen and oxygen atoms in total. The Bertz CT molecular complexity index is 1770. The van der Waals surface area contributed by atoms with E-state index in [2.05, 4.69) is 26.3 Å². The third kappa shape index (κ3) is 10.0. The number of nitrogens with two attached hydrogens (primary N) is 1. The molecule has 258 valence electrons. The van der Waals surface area contributed by atoms with E-state index in [1.807, 2.05) is 18.2 Å². The number of hydrogen-bond donors (Lipinski definition) is 10. The van der Waals surface area contributed by atoms with Crippen molar-refractivity contribution in [1.29, 1.82) is 0 Å². The van der Waals surface area contributed by atoms with Crippen LogP contribution in [0.15, 0.2) is 79.0 Å². The van der Waals surface area contributed by atoms with Crippen LogP contribution in [-0.2, 0) is 43.2 Å². The lowest BCUT2D eigenvalue weighted by Gasteiger charge is -2.26. The lowest BCUT2D eigenvalue weighted by atomic mass is 10.0. The highest BCUT2D eigenvalue weighted by molar-refractivity contribution is 5.96. The van der Waals surface area contributed by atoms with E-state index in [-0.39, 0.29) is 30.8 Å². The zero-order chi connectivity index (χ0) is 35.5. The number of aromatic hydroxyl groups is 2. The number of amides is 4. The minimum absolute atomic E-state index is 0.00118. The molecule has 4 amide bonds. The second-order valence-corrected chi connectivity index (χ2v) is 11.3. The average Bonchev–Trinajstić information content (AvgIpc) is 3.50. The Kier molecular flexibility index (Phi) is 12.3. The molecule has 0 saturated heterocycles. The van der Waals surface area contributed by atoms with Gasteiger partial charge in [-0.1, -0.05) is 42.5 Å². The molecule has 1 heterocycles. The average molecular weight is 675 g/mol. The summed E-state index contributed by atoms with van der Waals surface area (Å²) >= 11 is 0. The topological polar surface area (TPSA) is 256 Å². The molecular formula is C34H38N6O9. The van der Waals surface area contributed by atoms with Crippen LogP contribution < -0.4 is 27.0 Å². The van der Waals surface area contributed by atoms with Crippen molar-refractivity contribution in [3.8, 4) is 11.5 Å². The molecule has 4 rings (SSSR count). The zero-order valence-electron chi connectivity index (χ0n) is 26.3. The number of benzene rings is 3. The third-order valence-corrected chi connectivity index (χ3v) is 7.75. The van der Waals surface area contributed by atoms with Crippen LogP contribution in [0.25, 0.3) is 10.9 Å². The summed E-state index contributed by atoms with van der Waals surface area (Å²) in [5.74, 6) is -4.60. The highest BCUT2D eigenvalue weighted by Crippen LogP contribution is 2.20. The van der Waals surface area contributed by atoms with Gasteiger partial charge in [-0.05, 0) is 47.0 Å². The molecule has 0 aliphatic heterocycles.